The molecule has 0 aromatic carbocycles. The van der Waals surface area contributed by atoms with E-state index in [0.29, 0.717) is 6.04 Å². The lowest BCUT2D eigenvalue weighted by Gasteiger charge is -2.28. The minimum Gasteiger partial charge on any atom is -0.307 e. The molecule has 94 valence electrons. The molecule has 17 heavy (non-hydrogen) atoms. The van der Waals surface area contributed by atoms with Crippen molar-refractivity contribution in [2.75, 3.05) is 0 Å². The molecule has 1 N–H and O–H groups in total. The number of rotatable bonds is 2. The van der Waals surface area contributed by atoms with Gasteiger partial charge in [-0.1, -0.05) is 13.3 Å². The minimum absolute atomic E-state index is 0.554. The fraction of sp³-hybridized carbons (Fsp3) is 0.786. The molecule has 0 aliphatic heterocycles. The largest absolute Gasteiger partial charge is 0.307 e. The molecule has 3 nitrogen and oxygen atoms in total. The van der Waals surface area contributed by atoms with Gasteiger partial charge in [-0.2, -0.15) is 5.10 Å². The first-order chi connectivity index (χ1) is 8.25. The highest BCUT2D eigenvalue weighted by Crippen LogP contribution is 2.33. The molecule has 0 bridgehead atoms. The van der Waals surface area contributed by atoms with E-state index in [1.54, 1.807) is 0 Å². The molecule has 1 heterocycles. The molecule has 0 radical (unpaired) electrons. The molecule has 1 aromatic rings. The molecule has 0 saturated heterocycles. The van der Waals surface area contributed by atoms with Gasteiger partial charge in [0.15, 0.2) is 0 Å². The van der Waals surface area contributed by atoms with Gasteiger partial charge < -0.3 is 5.32 Å². The highest BCUT2D eigenvalue weighted by Gasteiger charge is 2.29. The quantitative estimate of drug-likeness (QED) is 0.851. The molecule has 0 amide bonds. The van der Waals surface area contributed by atoms with Crippen LogP contribution in [0.4, 0.5) is 0 Å². The summed E-state index contributed by atoms with van der Waals surface area (Å²) in [5.41, 5.74) is 2.90. The topological polar surface area (TPSA) is 29.9 Å². The van der Waals surface area contributed by atoms with Crippen molar-refractivity contribution in [2.24, 2.45) is 13.0 Å². The van der Waals surface area contributed by atoms with Crippen LogP contribution in [0.5, 0.6) is 0 Å². The van der Waals surface area contributed by atoms with E-state index in [9.17, 15) is 0 Å². The highest BCUT2D eigenvalue weighted by molar-refractivity contribution is 5.24. The van der Waals surface area contributed by atoms with Crippen molar-refractivity contribution in [2.45, 2.75) is 57.5 Å². The maximum atomic E-state index is 4.42. The van der Waals surface area contributed by atoms with Gasteiger partial charge in [-0.05, 0) is 38.0 Å². The van der Waals surface area contributed by atoms with Gasteiger partial charge in [0.2, 0.25) is 0 Å². The molecule has 3 rings (SSSR count). The van der Waals surface area contributed by atoms with Crippen molar-refractivity contribution in [1.29, 1.82) is 0 Å². The number of hydrogen-bond acceptors (Lipinski definition) is 2. The summed E-state index contributed by atoms with van der Waals surface area (Å²) in [7, 11) is 2.07. The average Bonchev–Trinajstić information content (AvgIpc) is 2.89. The number of aryl methyl sites for hydroxylation is 1. The third kappa shape index (κ3) is 2.01. The Bertz CT molecular complexity index is 396. The Kier molecular flexibility index (Phi) is 2.95. The summed E-state index contributed by atoms with van der Waals surface area (Å²) in [6.45, 7) is 2.39. The molecule has 3 atom stereocenters. The van der Waals surface area contributed by atoms with E-state index < -0.39 is 0 Å². The second-order valence-corrected chi connectivity index (χ2v) is 5.80. The molecule has 3 unspecified atom stereocenters. The predicted molar refractivity (Wildman–Crippen MR) is 68.8 cm³/mol. The van der Waals surface area contributed by atoms with E-state index in [-0.39, 0.29) is 0 Å². The smallest absolute Gasteiger partial charge is 0.0540 e. The molecular formula is C14H23N3. The fourth-order valence-corrected chi connectivity index (χ4v) is 3.53. The van der Waals surface area contributed by atoms with Gasteiger partial charge in [-0.15, -0.1) is 0 Å². The van der Waals surface area contributed by atoms with Gasteiger partial charge in [0.25, 0.3) is 0 Å². The Labute approximate surface area is 104 Å². The Balaban J connectivity index is 1.76. The summed E-state index contributed by atoms with van der Waals surface area (Å²) >= 11 is 0. The Hall–Kier alpha value is -0.830. The average molecular weight is 233 g/mol. The summed E-state index contributed by atoms with van der Waals surface area (Å²) < 4.78 is 2.06. The number of fused-ring (bicyclic) bond motifs is 1. The van der Waals surface area contributed by atoms with Gasteiger partial charge in [0, 0.05) is 30.4 Å². The van der Waals surface area contributed by atoms with Crippen LogP contribution in [0.15, 0.2) is 6.20 Å². The van der Waals surface area contributed by atoms with E-state index in [0.717, 1.165) is 12.0 Å². The van der Waals surface area contributed by atoms with Crippen LogP contribution in [0.3, 0.4) is 0 Å². The molecule has 0 spiro atoms. The number of hydrogen-bond donors (Lipinski definition) is 1. The van der Waals surface area contributed by atoms with Crippen LogP contribution < -0.4 is 5.32 Å². The van der Waals surface area contributed by atoms with E-state index >= 15 is 0 Å². The molecule has 1 fully saturated rings. The van der Waals surface area contributed by atoms with E-state index in [1.807, 2.05) is 0 Å². The SMILES string of the molecule is CC1CCCC1NC1CCCc2c1cnn2C. The predicted octanol–water partition coefficient (Wildman–Crippen LogP) is 2.58. The lowest BCUT2D eigenvalue weighted by molar-refractivity contribution is 0.348. The van der Waals surface area contributed by atoms with Crippen molar-refractivity contribution < 1.29 is 0 Å². The summed E-state index contributed by atoms with van der Waals surface area (Å²) in [6.07, 6.45) is 9.99. The van der Waals surface area contributed by atoms with Crippen LogP contribution in [0, 0.1) is 5.92 Å². The monoisotopic (exact) mass is 233 g/mol. The Morgan fingerprint density at radius 3 is 2.94 bits per heavy atom. The Morgan fingerprint density at radius 1 is 1.29 bits per heavy atom. The second-order valence-electron chi connectivity index (χ2n) is 5.80. The van der Waals surface area contributed by atoms with Crippen molar-refractivity contribution in [1.82, 2.24) is 15.1 Å². The van der Waals surface area contributed by atoms with Crippen LogP contribution in [0.25, 0.3) is 0 Å². The zero-order chi connectivity index (χ0) is 11.8. The summed E-state index contributed by atoms with van der Waals surface area (Å²) in [4.78, 5) is 0. The molecule has 1 aromatic heterocycles. The van der Waals surface area contributed by atoms with Gasteiger partial charge in [-0.3, -0.25) is 4.68 Å². The number of nitrogens with zero attached hydrogens (tertiary/aromatic N) is 2. The van der Waals surface area contributed by atoms with Gasteiger partial charge in [-0.25, -0.2) is 0 Å². The van der Waals surface area contributed by atoms with E-state index in [4.69, 9.17) is 0 Å². The molecule has 1 saturated carbocycles. The summed E-state index contributed by atoms with van der Waals surface area (Å²) in [5, 5.41) is 8.30. The van der Waals surface area contributed by atoms with Crippen molar-refractivity contribution in [3.05, 3.63) is 17.5 Å². The highest BCUT2D eigenvalue weighted by atomic mass is 15.3. The standard InChI is InChI=1S/C14H23N3/c1-10-5-3-6-12(10)16-13-7-4-8-14-11(13)9-15-17(14)2/h9-10,12-13,16H,3-8H2,1-2H3. The van der Waals surface area contributed by atoms with Gasteiger partial charge >= 0.3 is 0 Å². The first-order valence-electron chi connectivity index (χ1n) is 7.02. The summed E-state index contributed by atoms with van der Waals surface area (Å²) in [5.74, 6) is 0.844. The zero-order valence-corrected chi connectivity index (χ0v) is 10.9. The first kappa shape index (κ1) is 11.3. The van der Waals surface area contributed by atoms with Crippen LogP contribution in [0.2, 0.25) is 0 Å². The van der Waals surface area contributed by atoms with Crippen molar-refractivity contribution in [3.8, 4) is 0 Å². The van der Waals surface area contributed by atoms with E-state index in [1.165, 1.54) is 49.8 Å². The Morgan fingerprint density at radius 2 is 2.18 bits per heavy atom. The maximum absolute atomic E-state index is 4.42. The lowest BCUT2D eigenvalue weighted by Crippen LogP contribution is -2.36. The number of nitrogens with one attached hydrogen (secondary N) is 1. The molecule has 3 heteroatoms. The number of aromatic nitrogens is 2. The second kappa shape index (κ2) is 4.45. The third-order valence-corrected chi connectivity index (χ3v) is 4.65. The van der Waals surface area contributed by atoms with Crippen LogP contribution in [-0.2, 0) is 13.5 Å². The van der Waals surface area contributed by atoms with Crippen LogP contribution in [-0.4, -0.2) is 15.8 Å². The third-order valence-electron chi connectivity index (χ3n) is 4.65. The van der Waals surface area contributed by atoms with Gasteiger partial charge in [0.1, 0.15) is 0 Å². The minimum atomic E-state index is 0.554. The van der Waals surface area contributed by atoms with Crippen molar-refractivity contribution >= 4 is 0 Å². The molecule has 2 aliphatic carbocycles. The lowest BCUT2D eigenvalue weighted by atomic mass is 9.91. The molecular weight excluding hydrogens is 210 g/mol. The maximum Gasteiger partial charge on any atom is 0.0540 e. The van der Waals surface area contributed by atoms with Crippen LogP contribution in [0.1, 0.15) is 56.3 Å². The van der Waals surface area contributed by atoms with Gasteiger partial charge in [0.05, 0.1) is 6.20 Å². The normalized spacial score (nSPS) is 32.7. The van der Waals surface area contributed by atoms with Crippen LogP contribution >= 0.6 is 0 Å². The van der Waals surface area contributed by atoms with Crippen molar-refractivity contribution in [3.63, 3.8) is 0 Å². The van der Waals surface area contributed by atoms with E-state index in [2.05, 4.69) is 35.3 Å². The first-order valence-corrected chi connectivity index (χ1v) is 7.02. The zero-order valence-electron chi connectivity index (χ0n) is 10.9. The summed E-state index contributed by atoms with van der Waals surface area (Å²) in [6, 6.07) is 1.28. The fourth-order valence-electron chi connectivity index (χ4n) is 3.53. The molecule has 2 aliphatic rings.